The van der Waals surface area contributed by atoms with E-state index in [4.69, 9.17) is 27.9 Å². The number of hydrogen-bond acceptors (Lipinski definition) is 5. The predicted molar refractivity (Wildman–Crippen MR) is 139 cm³/mol. The van der Waals surface area contributed by atoms with Crippen LogP contribution in [-0.4, -0.2) is 36.0 Å². The molecule has 0 aromatic heterocycles. The summed E-state index contributed by atoms with van der Waals surface area (Å²) in [7, 11) is 1.98. The Morgan fingerprint density at radius 3 is 2.11 bits per heavy atom. The quantitative estimate of drug-likeness (QED) is 0.514. The number of anilines is 1. The molecule has 0 radical (unpaired) electrons. The van der Waals surface area contributed by atoms with E-state index in [2.05, 4.69) is 10.2 Å². The monoisotopic (exact) mass is 524 g/mol. The lowest BCUT2D eigenvalue weighted by Crippen LogP contribution is -2.37. The summed E-state index contributed by atoms with van der Waals surface area (Å²) in [6.07, 6.45) is 4.37. The molecule has 0 fully saturated rings. The Kier molecular flexibility index (Phi) is 6.91. The van der Waals surface area contributed by atoms with Gasteiger partial charge in [-0.05, 0) is 61.6 Å². The van der Waals surface area contributed by atoms with Gasteiger partial charge in [0.05, 0.1) is 10.0 Å². The van der Waals surface area contributed by atoms with E-state index in [1.807, 2.05) is 19.2 Å². The van der Waals surface area contributed by atoms with Crippen molar-refractivity contribution < 1.29 is 19.1 Å². The van der Waals surface area contributed by atoms with Gasteiger partial charge in [0.1, 0.15) is 5.75 Å². The van der Waals surface area contributed by atoms with Crippen molar-refractivity contribution in [2.45, 2.75) is 44.4 Å². The fourth-order valence-corrected chi connectivity index (χ4v) is 5.66. The number of hydrogen-bond donors (Lipinski definition) is 1. The minimum absolute atomic E-state index is 0.123. The maximum absolute atomic E-state index is 13.1. The van der Waals surface area contributed by atoms with E-state index in [0.717, 1.165) is 53.8 Å². The van der Waals surface area contributed by atoms with E-state index in [9.17, 15) is 14.4 Å². The summed E-state index contributed by atoms with van der Waals surface area (Å²) in [5.41, 5.74) is 5.02. The summed E-state index contributed by atoms with van der Waals surface area (Å²) in [6.45, 7) is -0.185. The number of Topliss-reactive ketones (excluding diaryl/α,β-unsaturated/α-hetero) is 2. The fourth-order valence-electron chi connectivity index (χ4n) is 5.36. The molecule has 6 nitrogen and oxygen atoms in total. The lowest BCUT2D eigenvalue weighted by Gasteiger charge is -2.42. The summed E-state index contributed by atoms with van der Waals surface area (Å²) in [5, 5.41) is 3.48. The van der Waals surface area contributed by atoms with Gasteiger partial charge in [-0.25, -0.2) is 0 Å². The maximum atomic E-state index is 13.1. The molecule has 8 heteroatoms. The van der Waals surface area contributed by atoms with Gasteiger partial charge in [-0.2, -0.15) is 0 Å². The molecule has 5 rings (SSSR count). The standard InChI is InChI=1S/C28H26Cl2N2O4/c1-32-21-4-2-6-23(33)27(21)26(28-22(32)5-3-7-24(28)34)16-8-11-18(12-9-16)36-15-25(35)31-17-10-13-19(29)20(30)14-17/h8-14,26H,2-7,15H2,1H3,(H,31,35). The first kappa shape index (κ1) is 24.6. The van der Waals surface area contributed by atoms with E-state index in [1.54, 1.807) is 30.3 Å². The highest BCUT2D eigenvalue weighted by Gasteiger charge is 2.42. The fraction of sp³-hybridized carbons (Fsp3) is 0.321. The van der Waals surface area contributed by atoms with Gasteiger partial charge in [0.25, 0.3) is 5.91 Å². The highest BCUT2D eigenvalue weighted by atomic mass is 35.5. The molecule has 1 heterocycles. The number of rotatable bonds is 5. The second-order valence-electron chi connectivity index (χ2n) is 9.30. The van der Waals surface area contributed by atoms with Crippen LogP contribution >= 0.6 is 23.2 Å². The van der Waals surface area contributed by atoms with Crippen LogP contribution in [-0.2, 0) is 14.4 Å². The van der Waals surface area contributed by atoms with Crippen LogP contribution in [0.15, 0.2) is 65.0 Å². The van der Waals surface area contributed by atoms with Crippen molar-refractivity contribution in [1.82, 2.24) is 4.90 Å². The number of carbonyl (C=O) groups is 3. The lowest BCUT2D eigenvalue weighted by molar-refractivity contribution is -0.118. The third-order valence-electron chi connectivity index (χ3n) is 7.03. The van der Waals surface area contributed by atoms with Crippen LogP contribution in [0.2, 0.25) is 10.0 Å². The molecule has 0 bridgehead atoms. The van der Waals surface area contributed by atoms with Gasteiger partial charge >= 0.3 is 0 Å². The molecule has 1 aliphatic heterocycles. The molecule has 2 aromatic rings. The summed E-state index contributed by atoms with van der Waals surface area (Å²) in [4.78, 5) is 40.5. The zero-order valence-corrected chi connectivity index (χ0v) is 21.4. The molecule has 1 amide bonds. The normalized spacial score (nSPS) is 18.2. The Morgan fingerprint density at radius 1 is 0.917 bits per heavy atom. The van der Waals surface area contributed by atoms with Gasteiger partial charge in [0, 0.05) is 54.0 Å². The van der Waals surface area contributed by atoms with Gasteiger partial charge in [0.15, 0.2) is 18.2 Å². The van der Waals surface area contributed by atoms with Crippen LogP contribution in [0, 0.1) is 0 Å². The molecular weight excluding hydrogens is 499 g/mol. The van der Waals surface area contributed by atoms with Crippen molar-refractivity contribution in [3.8, 4) is 5.75 Å². The largest absolute Gasteiger partial charge is 0.484 e. The summed E-state index contributed by atoms with van der Waals surface area (Å²) in [6, 6.07) is 12.2. The van der Waals surface area contributed by atoms with Crippen LogP contribution in [0.4, 0.5) is 5.69 Å². The molecule has 36 heavy (non-hydrogen) atoms. The maximum Gasteiger partial charge on any atom is 0.262 e. The van der Waals surface area contributed by atoms with Crippen molar-refractivity contribution in [3.63, 3.8) is 0 Å². The van der Waals surface area contributed by atoms with Crippen molar-refractivity contribution in [1.29, 1.82) is 0 Å². The number of ketones is 2. The molecule has 0 saturated carbocycles. The SMILES string of the molecule is CN1C2=C(C(=O)CCC2)C(c2ccc(OCC(=O)Nc3ccc(Cl)c(Cl)c3)cc2)C2=C1CCCC2=O. The number of nitrogens with one attached hydrogen (secondary N) is 1. The third kappa shape index (κ3) is 4.67. The van der Waals surface area contributed by atoms with E-state index in [0.29, 0.717) is 34.3 Å². The van der Waals surface area contributed by atoms with Crippen molar-refractivity contribution in [3.05, 3.63) is 80.6 Å². The number of allylic oxidation sites excluding steroid dienone is 4. The third-order valence-corrected chi connectivity index (χ3v) is 7.77. The Labute approximate surface area is 219 Å². The molecular formula is C28H26Cl2N2O4. The number of carbonyl (C=O) groups excluding carboxylic acids is 3. The minimum atomic E-state index is -0.348. The zero-order valence-electron chi connectivity index (χ0n) is 19.9. The first-order valence-corrected chi connectivity index (χ1v) is 12.8. The molecule has 0 saturated heterocycles. The highest BCUT2D eigenvalue weighted by Crippen LogP contribution is 2.48. The van der Waals surface area contributed by atoms with Crippen molar-refractivity contribution in [2.24, 2.45) is 0 Å². The summed E-state index contributed by atoms with van der Waals surface area (Å²) < 4.78 is 5.67. The van der Waals surface area contributed by atoms with Crippen LogP contribution in [0.25, 0.3) is 0 Å². The molecule has 1 N–H and O–H groups in total. The van der Waals surface area contributed by atoms with Crippen LogP contribution in [0.3, 0.4) is 0 Å². The topological polar surface area (TPSA) is 75.7 Å². The van der Waals surface area contributed by atoms with E-state index in [-0.39, 0.29) is 30.0 Å². The van der Waals surface area contributed by atoms with Crippen molar-refractivity contribution in [2.75, 3.05) is 19.0 Å². The highest BCUT2D eigenvalue weighted by molar-refractivity contribution is 6.42. The van der Waals surface area contributed by atoms with Crippen LogP contribution < -0.4 is 10.1 Å². The number of halogens is 2. The average molecular weight is 525 g/mol. The molecule has 2 aliphatic carbocycles. The molecule has 0 unspecified atom stereocenters. The van der Waals surface area contributed by atoms with Gasteiger partial charge in [-0.1, -0.05) is 35.3 Å². The minimum Gasteiger partial charge on any atom is -0.484 e. The van der Waals surface area contributed by atoms with E-state index in [1.165, 1.54) is 0 Å². The molecule has 0 atom stereocenters. The first-order chi connectivity index (χ1) is 17.3. The van der Waals surface area contributed by atoms with Gasteiger partial charge in [-0.3, -0.25) is 14.4 Å². The molecule has 0 spiro atoms. The van der Waals surface area contributed by atoms with Gasteiger partial charge < -0.3 is 15.0 Å². The number of nitrogens with zero attached hydrogens (tertiary/aromatic N) is 1. The zero-order chi connectivity index (χ0) is 25.4. The second-order valence-corrected chi connectivity index (χ2v) is 10.1. The molecule has 186 valence electrons. The summed E-state index contributed by atoms with van der Waals surface area (Å²) >= 11 is 11.9. The van der Waals surface area contributed by atoms with Crippen LogP contribution in [0.5, 0.6) is 5.75 Å². The average Bonchev–Trinajstić information content (AvgIpc) is 2.87. The predicted octanol–water partition coefficient (Wildman–Crippen LogP) is 6.05. The summed E-state index contributed by atoms with van der Waals surface area (Å²) in [5.74, 6) is 0.0794. The Balaban J connectivity index is 1.35. The first-order valence-electron chi connectivity index (χ1n) is 12.1. The van der Waals surface area contributed by atoms with Crippen molar-refractivity contribution >= 4 is 46.4 Å². The molecule has 2 aromatic carbocycles. The molecule has 3 aliphatic rings. The smallest absolute Gasteiger partial charge is 0.262 e. The second kappa shape index (κ2) is 10.1. The van der Waals surface area contributed by atoms with Gasteiger partial charge in [0.2, 0.25) is 0 Å². The van der Waals surface area contributed by atoms with Crippen LogP contribution in [0.1, 0.15) is 50.0 Å². The Morgan fingerprint density at radius 2 is 1.53 bits per heavy atom. The number of ether oxygens (including phenoxy) is 1. The Bertz CT molecular complexity index is 1270. The number of benzene rings is 2. The lowest BCUT2D eigenvalue weighted by atomic mass is 9.71. The van der Waals surface area contributed by atoms with Gasteiger partial charge in [-0.15, -0.1) is 0 Å². The van der Waals surface area contributed by atoms with E-state index < -0.39 is 0 Å². The number of amides is 1. The van der Waals surface area contributed by atoms with E-state index >= 15 is 0 Å². The Hall–Kier alpha value is -3.09.